The van der Waals surface area contributed by atoms with E-state index in [1.54, 1.807) is 24.3 Å². The number of benzene rings is 2. The van der Waals surface area contributed by atoms with Crippen LogP contribution >= 0.6 is 0 Å². The average Bonchev–Trinajstić information content (AvgIpc) is 2.64. The molecule has 0 aliphatic heterocycles. The lowest BCUT2D eigenvalue weighted by atomic mass is 10.1. The highest BCUT2D eigenvalue weighted by Crippen LogP contribution is 2.06. The predicted octanol–water partition coefficient (Wildman–Crippen LogP) is 1.53. The molecule has 0 aromatic heterocycles. The first kappa shape index (κ1) is 18.7. The molecule has 2 amide bonds. The second kappa shape index (κ2) is 9.04. The number of carboxylic acid groups (broad SMARTS) is 1. The number of amides is 2. The number of rotatable bonds is 6. The standard InChI is InChI=1S/C20H18N2O4/c21-18(23)13-12-17(20(25)26)22-19(24)16-10-8-15(9-11-16)7-6-14-4-2-1-3-5-14/h1-5,8-11,17H,12-13H2,(H2,21,23)(H,22,24)(H,25,26)/t17-/m0/s1. The number of carboxylic acids is 1. The molecular weight excluding hydrogens is 332 g/mol. The van der Waals surface area contributed by atoms with Crippen LogP contribution in [0.5, 0.6) is 0 Å². The summed E-state index contributed by atoms with van der Waals surface area (Å²) in [4.78, 5) is 34.1. The van der Waals surface area contributed by atoms with Gasteiger partial charge in [-0.25, -0.2) is 4.79 Å². The van der Waals surface area contributed by atoms with Gasteiger partial charge in [0.05, 0.1) is 0 Å². The molecular formula is C20H18N2O4. The topological polar surface area (TPSA) is 109 Å². The van der Waals surface area contributed by atoms with Crippen molar-refractivity contribution in [3.63, 3.8) is 0 Å². The Morgan fingerprint density at radius 1 is 0.962 bits per heavy atom. The number of nitrogens with two attached hydrogens (primary N) is 1. The maximum atomic E-state index is 12.2. The number of primary amides is 1. The molecule has 0 bridgehead atoms. The molecule has 132 valence electrons. The fourth-order valence-corrected chi connectivity index (χ4v) is 2.16. The van der Waals surface area contributed by atoms with Crippen molar-refractivity contribution in [3.05, 3.63) is 71.3 Å². The van der Waals surface area contributed by atoms with Crippen molar-refractivity contribution in [1.29, 1.82) is 0 Å². The Kier molecular flexibility index (Phi) is 6.52. The third kappa shape index (κ3) is 5.80. The van der Waals surface area contributed by atoms with Crippen LogP contribution in [0.3, 0.4) is 0 Å². The quantitative estimate of drug-likeness (QED) is 0.686. The SMILES string of the molecule is NC(=O)CC[C@H](NC(=O)c1ccc(C#Cc2ccccc2)cc1)C(=O)O. The molecule has 0 aliphatic carbocycles. The molecule has 1 atom stereocenters. The van der Waals surface area contributed by atoms with E-state index in [1.807, 2.05) is 30.3 Å². The van der Waals surface area contributed by atoms with E-state index >= 15 is 0 Å². The van der Waals surface area contributed by atoms with Gasteiger partial charge in [-0.3, -0.25) is 9.59 Å². The fourth-order valence-electron chi connectivity index (χ4n) is 2.16. The Morgan fingerprint density at radius 3 is 2.08 bits per heavy atom. The van der Waals surface area contributed by atoms with Gasteiger partial charge in [0.2, 0.25) is 5.91 Å². The smallest absolute Gasteiger partial charge is 0.326 e. The molecule has 4 N–H and O–H groups in total. The highest BCUT2D eigenvalue weighted by molar-refractivity contribution is 5.96. The number of aliphatic carboxylic acids is 1. The van der Waals surface area contributed by atoms with Crippen LogP contribution in [0.1, 0.15) is 34.3 Å². The van der Waals surface area contributed by atoms with Crippen LogP contribution in [-0.4, -0.2) is 28.9 Å². The van der Waals surface area contributed by atoms with E-state index in [0.717, 1.165) is 11.1 Å². The van der Waals surface area contributed by atoms with E-state index in [-0.39, 0.29) is 12.8 Å². The Labute approximate surface area is 151 Å². The molecule has 0 unspecified atom stereocenters. The molecule has 6 nitrogen and oxygen atoms in total. The summed E-state index contributed by atoms with van der Waals surface area (Å²) in [6.07, 6.45) is -0.178. The maximum absolute atomic E-state index is 12.2. The van der Waals surface area contributed by atoms with Gasteiger partial charge in [-0.2, -0.15) is 0 Å². The minimum Gasteiger partial charge on any atom is -0.480 e. The summed E-state index contributed by atoms with van der Waals surface area (Å²) >= 11 is 0. The normalized spacial score (nSPS) is 10.9. The molecule has 0 saturated heterocycles. The molecule has 0 fully saturated rings. The first-order valence-corrected chi connectivity index (χ1v) is 7.95. The van der Waals surface area contributed by atoms with E-state index in [4.69, 9.17) is 10.8 Å². The number of hydrogen-bond donors (Lipinski definition) is 3. The van der Waals surface area contributed by atoms with Gasteiger partial charge in [-0.15, -0.1) is 0 Å². The number of carbonyl (C=O) groups excluding carboxylic acids is 2. The van der Waals surface area contributed by atoms with Crippen molar-refractivity contribution in [1.82, 2.24) is 5.32 Å². The summed E-state index contributed by atoms with van der Waals surface area (Å²) in [5.74, 6) is 3.63. The summed E-state index contributed by atoms with van der Waals surface area (Å²) < 4.78 is 0. The highest BCUT2D eigenvalue weighted by Gasteiger charge is 2.21. The molecule has 26 heavy (non-hydrogen) atoms. The summed E-state index contributed by atoms with van der Waals surface area (Å²) in [5, 5.41) is 11.5. The van der Waals surface area contributed by atoms with Gasteiger partial charge in [0.15, 0.2) is 0 Å². The summed E-state index contributed by atoms with van der Waals surface area (Å²) in [6, 6.07) is 14.8. The van der Waals surface area contributed by atoms with Crippen molar-refractivity contribution in [3.8, 4) is 11.8 Å². The van der Waals surface area contributed by atoms with Gasteiger partial charge in [0.1, 0.15) is 6.04 Å². The van der Waals surface area contributed by atoms with Crippen LogP contribution in [0.25, 0.3) is 0 Å². The number of carbonyl (C=O) groups is 3. The Balaban J connectivity index is 2.02. The van der Waals surface area contributed by atoms with E-state index in [1.165, 1.54) is 0 Å². The molecule has 0 heterocycles. The lowest BCUT2D eigenvalue weighted by molar-refractivity contribution is -0.139. The second-order valence-corrected chi connectivity index (χ2v) is 5.56. The Bertz CT molecular complexity index is 849. The molecule has 2 aromatic carbocycles. The fraction of sp³-hybridized carbons (Fsp3) is 0.150. The minimum absolute atomic E-state index is 0.0585. The highest BCUT2D eigenvalue weighted by atomic mass is 16.4. The third-order valence-corrected chi connectivity index (χ3v) is 3.55. The molecule has 2 rings (SSSR count). The lowest BCUT2D eigenvalue weighted by Crippen LogP contribution is -2.41. The van der Waals surface area contributed by atoms with E-state index in [0.29, 0.717) is 5.56 Å². The monoisotopic (exact) mass is 350 g/mol. The first-order chi connectivity index (χ1) is 12.5. The molecule has 0 spiro atoms. The zero-order valence-corrected chi connectivity index (χ0v) is 13.9. The van der Waals surface area contributed by atoms with Crippen molar-refractivity contribution < 1.29 is 19.5 Å². The summed E-state index contributed by atoms with van der Waals surface area (Å²) in [5.41, 5.74) is 6.93. The van der Waals surface area contributed by atoms with Crippen LogP contribution in [0.4, 0.5) is 0 Å². The number of hydrogen-bond acceptors (Lipinski definition) is 3. The van der Waals surface area contributed by atoms with Gasteiger partial charge < -0.3 is 16.2 Å². The summed E-state index contributed by atoms with van der Waals surface area (Å²) in [7, 11) is 0. The van der Waals surface area contributed by atoms with Gasteiger partial charge in [0.25, 0.3) is 5.91 Å². The number of nitrogens with one attached hydrogen (secondary N) is 1. The van der Waals surface area contributed by atoms with Crippen molar-refractivity contribution in [2.24, 2.45) is 5.73 Å². The van der Waals surface area contributed by atoms with Crippen LogP contribution in [0.15, 0.2) is 54.6 Å². The van der Waals surface area contributed by atoms with Crippen LogP contribution in [-0.2, 0) is 9.59 Å². The minimum atomic E-state index is -1.22. The van der Waals surface area contributed by atoms with E-state index in [9.17, 15) is 14.4 Å². The molecule has 6 heteroatoms. The Morgan fingerprint density at radius 2 is 1.54 bits per heavy atom. The maximum Gasteiger partial charge on any atom is 0.326 e. The largest absolute Gasteiger partial charge is 0.480 e. The molecule has 0 radical (unpaired) electrons. The predicted molar refractivity (Wildman–Crippen MR) is 96.2 cm³/mol. The molecule has 0 saturated carbocycles. The van der Waals surface area contributed by atoms with Crippen LogP contribution in [0, 0.1) is 11.8 Å². The lowest BCUT2D eigenvalue weighted by Gasteiger charge is -2.13. The van der Waals surface area contributed by atoms with Crippen molar-refractivity contribution >= 4 is 17.8 Å². The van der Waals surface area contributed by atoms with Crippen LogP contribution in [0.2, 0.25) is 0 Å². The average molecular weight is 350 g/mol. The zero-order valence-electron chi connectivity index (χ0n) is 13.9. The Hall–Kier alpha value is -3.59. The zero-order chi connectivity index (χ0) is 18.9. The van der Waals surface area contributed by atoms with Crippen molar-refractivity contribution in [2.45, 2.75) is 18.9 Å². The van der Waals surface area contributed by atoms with E-state index < -0.39 is 23.8 Å². The second-order valence-electron chi connectivity index (χ2n) is 5.56. The van der Waals surface area contributed by atoms with Crippen molar-refractivity contribution in [2.75, 3.05) is 0 Å². The van der Waals surface area contributed by atoms with Gasteiger partial charge in [0, 0.05) is 23.1 Å². The van der Waals surface area contributed by atoms with Gasteiger partial charge >= 0.3 is 5.97 Å². The van der Waals surface area contributed by atoms with Gasteiger partial charge in [-0.1, -0.05) is 30.0 Å². The molecule has 2 aromatic rings. The molecule has 0 aliphatic rings. The summed E-state index contributed by atoms with van der Waals surface area (Å²) in [6.45, 7) is 0. The third-order valence-electron chi connectivity index (χ3n) is 3.55. The van der Waals surface area contributed by atoms with Crippen LogP contribution < -0.4 is 11.1 Å². The first-order valence-electron chi connectivity index (χ1n) is 7.95. The van der Waals surface area contributed by atoms with Gasteiger partial charge in [-0.05, 0) is 42.8 Å². The van der Waals surface area contributed by atoms with E-state index in [2.05, 4.69) is 17.2 Å².